The largest absolute Gasteiger partial charge is 0.395 e. The van der Waals surface area contributed by atoms with Crippen molar-refractivity contribution in [3.05, 3.63) is 0 Å². The average Bonchev–Trinajstić information content (AvgIpc) is 2.93. The second-order valence-corrected chi connectivity index (χ2v) is 12.0. The van der Waals surface area contributed by atoms with Crippen LogP contribution in [-0.4, -0.2) is 154 Å². The Kier molecular flexibility index (Phi) is 11.5. The molecule has 0 aromatic rings. The lowest BCUT2D eigenvalue weighted by Crippen LogP contribution is -2.70. The summed E-state index contributed by atoms with van der Waals surface area (Å²) in [5.74, 6) is -0.720. The minimum absolute atomic E-state index is 0.0185. The van der Waals surface area contributed by atoms with Crippen molar-refractivity contribution < 1.29 is 54.4 Å². The lowest BCUT2D eigenvalue weighted by molar-refractivity contribution is -0.314. The number of carbonyl (C=O) groups excluding carboxylic acids is 1. The molecule has 4 aliphatic rings. The van der Waals surface area contributed by atoms with E-state index in [2.05, 4.69) is 10.6 Å². The van der Waals surface area contributed by atoms with E-state index in [0.717, 1.165) is 0 Å². The first-order chi connectivity index (χ1) is 19.9. The van der Waals surface area contributed by atoms with Gasteiger partial charge in [-0.1, -0.05) is 0 Å². The zero-order chi connectivity index (χ0) is 30.8. The molecule has 42 heavy (non-hydrogen) atoms. The minimum Gasteiger partial charge on any atom is -0.395 e. The van der Waals surface area contributed by atoms with Crippen molar-refractivity contribution >= 4 is 5.91 Å². The van der Waals surface area contributed by atoms with Gasteiger partial charge in [0, 0.05) is 38.0 Å². The zero-order valence-electron chi connectivity index (χ0n) is 23.5. The van der Waals surface area contributed by atoms with Gasteiger partial charge in [0.2, 0.25) is 0 Å². The molecule has 16 N–H and O–H groups in total. The summed E-state index contributed by atoms with van der Waals surface area (Å²) in [5, 5.41) is 67.5. The van der Waals surface area contributed by atoms with Gasteiger partial charge in [-0.2, -0.15) is 0 Å². The van der Waals surface area contributed by atoms with Crippen molar-refractivity contribution in [1.82, 2.24) is 10.6 Å². The topological polar surface area (TPSA) is 304 Å². The molecule has 2 saturated carbocycles. The molecule has 4 rings (SSSR count). The Labute approximate surface area is 243 Å². The van der Waals surface area contributed by atoms with E-state index >= 15 is 0 Å². The van der Waals surface area contributed by atoms with Crippen molar-refractivity contribution in [2.75, 3.05) is 26.3 Å². The zero-order valence-corrected chi connectivity index (χ0v) is 23.5. The Hall–Kier alpha value is -1.13. The van der Waals surface area contributed by atoms with E-state index in [1.54, 1.807) is 0 Å². The molecule has 4 fully saturated rings. The molecule has 2 aliphatic heterocycles. The van der Waals surface area contributed by atoms with Gasteiger partial charge in [0.15, 0.2) is 12.6 Å². The Morgan fingerprint density at radius 3 is 2.24 bits per heavy atom. The van der Waals surface area contributed by atoms with Gasteiger partial charge < -0.3 is 83.2 Å². The van der Waals surface area contributed by atoms with Crippen LogP contribution in [0.25, 0.3) is 0 Å². The molecular formula is C25H48N6O11. The summed E-state index contributed by atoms with van der Waals surface area (Å²) in [6.07, 6.45) is -9.42. The van der Waals surface area contributed by atoms with Gasteiger partial charge >= 0.3 is 0 Å². The highest BCUT2D eigenvalue weighted by Crippen LogP contribution is 2.34. The average molecular weight is 609 g/mol. The van der Waals surface area contributed by atoms with Crippen molar-refractivity contribution in [2.45, 2.75) is 123 Å². The predicted molar refractivity (Wildman–Crippen MR) is 144 cm³/mol. The Morgan fingerprint density at radius 1 is 0.905 bits per heavy atom. The molecule has 1 amide bonds. The summed E-state index contributed by atoms with van der Waals surface area (Å²) >= 11 is 0. The Balaban J connectivity index is 1.51. The molecule has 0 radical (unpaired) electrons. The van der Waals surface area contributed by atoms with Crippen LogP contribution in [-0.2, 0) is 23.7 Å². The minimum atomic E-state index is -1.69. The van der Waals surface area contributed by atoms with E-state index in [-0.39, 0.29) is 38.0 Å². The fourth-order valence-corrected chi connectivity index (χ4v) is 6.07. The number of aliphatic hydroxyl groups excluding tert-OH is 5. The van der Waals surface area contributed by atoms with Crippen LogP contribution >= 0.6 is 0 Å². The number of rotatable bonds is 11. The van der Waals surface area contributed by atoms with Crippen molar-refractivity contribution in [1.29, 1.82) is 0 Å². The Bertz CT molecular complexity index is 886. The molecule has 17 heteroatoms. The maximum atomic E-state index is 13.0. The molecular weight excluding hydrogens is 560 g/mol. The van der Waals surface area contributed by atoms with Gasteiger partial charge in [0.1, 0.15) is 42.2 Å². The van der Waals surface area contributed by atoms with Crippen molar-refractivity contribution in [3.63, 3.8) is 0 Å². The van der Waals surface area contributed by atoms with Crippen LogP contribution in [0.1, 0.15) is 32.1 Å². The molecule has 0 bridgehead atoms. The molecule has 13 atom stereocenters. The monoisotopic (exact) mass is 608 g/mol. The molecule has 2 saturated heterocycles. The number of nitrogens with one attached hydrogen (secondary N) is 2. The summed E-state index contributed by atoms with van der Waals surface area (Å²) in [7, 11) is 0. The van der Waals surface area contributed by atoms with E-state index in [1.165, 1.54) is 0 Å². The van der Waals surface area contributed by atoms with E-state index in [0.29, 0.717) is 25.9 Å². The van der Waals surface area contributed by atoms with Crippen LogP contribution in [0.15, 0.2) is 0 Å². The fraction of sp³-hybridized carbons (Fsp3) is 0.960. The van der Waals surface area contributed by atoms with E-state index < -0.39 is 91.5 Å². The van der Waals surface area contributed by atoms with E-state index in [4.69, 9.17) is 47.0 Å². The standard InChI is InChI=1S/C25H48N6O11/c26-10-6-25(38,7-10)24(37)31-14-5-13(28)20(41-22-12(27)2-1-11(39-22)8-30-3-4-32)19(36)21(14)42-23-18(35)16(29)17(34)15(9-33)40-23/h10-23,30,32-36,38H,1-9,26-29H2,(H,31,37)/t10?,11-,12+,13-,14+,15+,16-,17+,18+,19-,20?,21-,22+,23+,25?/m0/s1. The first-order valence-corrected chi connectivity index (χ1v) is 14.5. The quantitative estimate of drug-likeness (QED) is 0.0970. The smallest absolute Gasteiger partial charge is 0.252 e. The van der Waals surface area contributed by atoms with Crippen LogP contribution < -0.4 is 33.6 Å². The summed E-state index contributed by atoms with van der Waals surface area (Å²) in [6, 6.07) is -3.93. The summed E-state index contributed by atoms with van der Waals surface area (Å²) in [4.78, 5) is 13.0. The molecule has 0 aromatic heterocycles. The number of amides is 1. The predicted octanol–water partition coefficient (Wildman–Crippen LogP) is -6.63. The molecule has 244 valence electrons. The third kappa shape index (κ3) is 7.39. The van der Waals surface area contributed by atoms with Gasteiger partial charge in [0.25, 0.3) is 5.91 Å². The van der Waals surface area contributed by atoms with E-state index in [9.17, 15) is 30.3 Å². The highest BCUT2D eigenvalue weighted by molar-refractivity contribution is 5.86. The second kappa shape index (κ2) is 14.3. The van der Waals surface area contributed by atoms with Gasteiger partial charge in [0.05, 0.1) is 37.4 Å². The number of hydrogen-bond acceptors (Lipinski definition) is 16. The summed E-state index contributed by atoms with van der Waals surface area (Å²) < 4.78 is 23.7. The van der Waals surface area contributed by atoms with Gasteiger partial charge in [-0.3, -0.25) is 4.79 Å². The van der Waals surface area contributed by atoms with Crippen LogP contribution in [0, 0.1) is 0 Å². The summed E-state index contributed by atoms with van der Waals surface area (Å²) in [5.41, 5.74) is 22.7. The number of aliphatic hydroxyl groups is 6. The number of nitrogens with two attached hydrogens (primary N) is 4. The van der Waals surface area contributed by atoms with Gasteiger partial charge in [-0.25, -0.2) is 0 Å². The number of hydrogen-bond donors (Lipinski definition) is 12. The molecule has 2 aliphatic carbocycles. The lowest BCUT2D eigenvalue weighted by Gasteiger charge is -2.49. The third-order valence-electron chi connectivity index (χ3n) is 8.64. The third-order valence-corrected chi connectivity index (χ3v) is 8.64. The number of carbonyl (C=O) groups is 1. The lowest BCUT2D eigenvalue weighted by atomic mass is 9.75. The van der Waals surface area contributed by atoms with Crippen molar-refractivity contribution in [2.24, 2.45) is 22.9 Å². The molecule has 2 heterocycles. The van der Waals surface area contributed by atoms with Gasteiger partial charge in [-0.05, 0) is 19.3 Å². The van der Waals surface area contributed by atoms with Crippen molar-refractivity contribution in [3.8, 4) is 0 Å². The molecule has 1 unspecified atom stereocenters. The first kappa shape index (κ1) is 33.8. The van der Waals surface area contributed by atoms with Crippen LogP contribution in [0.5, 0.6) is 0 Å². The maximum absolute atomic E-state index is 13.0. The van der Waals surface area contributed by atoms with Gasteiger partial charge in [-0.15, -0.1) is 0 Å². The SMILES string of the molecule is NC1CC(O)(C(=O)N[C@@H]2C[C@H](N)C(O[C@H]3O[C@H](CNCCO)CC[C@H]3N)[C@H](O)[C@H]2O[C@H]2O[C@H](CO)[C@@H](O)[C@H](N)[C@H]2O)C1. The van der Waals surface area contributed by atoms with Crippen LogP contribution in [0.2, 0.25) is 0 Å². The maximum Gasteiger partial charge on any atom is 0.252 e. The molecule has 0 aromatic carbocycles. The van der Waals surface area contributed by atoms with Crippen LogP contribution in [0.3, 0.4) is 0 Å². The second-order valence-electron chi connectivity index (χ2n) is 12.0. The summed E-state index contributed by atoms with van der Waals surface area (Å²) in [6.45, 7) is 0.197. The molecule has 17 nitrogen and oxygen atoms in total. The first-order valence-electron chi connectivity index (χ1n) is 14.5. The Morgan fingerprint density at radius 2 is 1.60 bits per heavy atom. The highest BCUT2D eigenvalue weighted by atomic mass is 16.7. The fourth-order valence-electron chi connectivity index (χ4n) is 6.07. The van der Waals surface area contributed by atoms with E-state index in [1.807, 2.05) is 0 Å². The highest BCUT2D eigenvalue weighted by Gasteiger charge is 2.53. The molecule has 0 spiro atoms. The normalized spacial score (nSPS) is 48.0. The van der Waals surface area contributed by atoms with Crippen LogP contribution in [0.4, 0.5) is 0 Å². The number of ether oxygens (including phenoxy) is 4.